The molecule has 1 saturated heterocycles. The molecule has 0 bridgehead atoms. The Morgan fingerprint density at radius 3 is 2.74 bits per heavy atom. The van der Waals surface area contributed by atoms with Gasteiger partial charge in [0.25, 0.3) is 0 Å². The van der Waals surface area contributed by atoms with Crippen molar-refractivity contribution >= 4 is 44.3 Å². The van der Waals surface area contributed by atoms with Gasteiger partial charge < -0.3 is 14.8 Å². The highest BCUT2D eigenvalue weighted by Crippen LogP contribution is 2.34. The van der Waals surface area contributed by atoms with E-state index in [0.717, 1.165) is 40.7 Å². The highest BCUT2D eigenvalue weighted by Gasteiger charge is 2.30. The number of anilines is 1. The minimum atomic E-state index is -4.42. The highest BCUT2D eigenvalue weighted by atomic mass is 32.1. The molecule has 4 heterocycles. The maximum absolute atomic E-state index is 13.2. The van der Waals surface area contributed by atoms with Gasteiger partial charge in [-0.1, -0.05) is 30.3 Å². The van der Waals surface area contributed by atoms with E-state index in [0.29, 0.717) is 47.9 Å². The number of carbonyl (C=O) groups is 1. The van der Waals surface area contributed by atoms with Crippen molar-refractivity contribution in [2.75, 3.05) is 18.4 Å². The third-order valence-electron chi connectivity index (χ3n) is 6.68. The topological polar surface area (TPSA) is 75.9 Å². The molecule has 6 rings (SSSR count). The molecule has 38 heavy (non-hydrogen) atoms. The standard InChI is InChI=1S/C27H23F3N6OS/c28-27(29,30)18-6-3-5-17(13-18)14-31-25-23-26(36(16-32-23)12-11-35-10-4-9-22(35)37)34-24(33-25)20-15-38-21-8-2-1-7-19(20)21/h1-3,5-8,13,15-16H,4,9-12,14H2,(H,31,33,34). The summed E-state index contributed by atoms with van der Waals surface area (Å²) in [5.41, 5.74) is 1.77. The third kappa shape index (κ3) is 4.69. The van der Waals surface area contributed by atoms with Crippen LogP contribution in [0.1, 0.15) is 24.0 Å². The molecule has 1 amide bonds. The SMILES string of the molecule is O=C1CCCN1CCn1cnc2c(NCc3cccc(C(F)(F)F)c3)nc(-c3csc4ccccc34)nc21. The lowest BCUT2D eigenvalue weighted by atomic mass is 10.1. The number of carbonyl (C=O) groups excluding carboxylic acids is 1. The second-order valence-corrected chi connectivity index (χ2v) is 10.1. The monoisotopic (exact) mass is 536 g/mol. The molecule has 3 aromatic heterocycles. The van der Waals surface area contributed by atoms with Crippen LogP contribution in [0.4, 0.5) is 19.0 Å². The first-order valence-electron chi connectivity index (χ1n) is 12.2. The molecule has 1 aliphatic heterocycles. The first-order chi connectivity index (χ1) is 18.4. The smallest absolute Gasteiger partial charge is 0.364 e. The summed E-state index contributed by atoms with van der Waals surface area (Å²) >= 11 is 1.59. The number of thiophene rings is 1. The fourth-order valence-corrected chi connectivity index (χ4v) is 5.65. The summed E-state index contributed by atoms with van der Waals surface area (Å²) in [7, 11) is 0. The van der Waals surface area contributed by atoms with Crippen LogP contribution in [0.5, 0.6) is 0 Å². The molecule has 0 spiro atoms. The van der Waals surface area contributed by atoms with Gasteiger partial charge in [0.2, 0.25) is 5.91 Å². The van der Waals surface area contributed by atoms with Gasteiger partial charge in [-0.3, -0.25) is 4.79 Å². The number of alkyl halides is 3. The van der Waals surface area contributed by atoms with Crippen LogP contribution in [0, 0.1) is 0 Å². The van der Waals surface area contributed by atoms with Crippen molar-refractivity contribution < 1.29 is 18.0 Å². The Bertz CT molecular complexity index is 1640. The number of nitrogens with zero attached hydrogens (tertiary/aromatic N) is 5. The molecule has 1 N–H and O–H groups in total. The van der Waals surface area contributed by atoms with Gasteiger partial charge >= 0.3 is 6.18 Å². The van der Waals surface area contributed by atoms with Gasteiger partial charge in [0, 0.05) is 53.6 Å². The molecular formula is C27H23F3N6OS. The summed E-state index contributed by atoms with van der Waals surface area (Å²) in [5.74, 6) is 1.09. The van der Waals surface area contributed by atoms with Crippen molar-refractivity contribution in [2.24, 2.45) is 0 Å². The quantitative estimate of drug-likeness (QED) is 0.278. The number of likely N-dealkylation sites (tertiary alicyclic amines) is 1. The van der Waals surface area contributed by atoms with Gasteiger partial charge in [0.15, 0.2) is 17.3 Å². The zero-order chi connectivity index (χ0) is 26.3. The van der Waals surface area contributed by atoms with Crippen LogP contribution < -0.4 is 5.32 Å². The molecule has 0 unspecified atom stereocenters. The number of fused-ring (bicyclic) bond motifs is 2. The van der Waals surface area contributed by atoms with Crippen LogP contribution in [-0.2, 0) is 24.1 Å². The summed E-state index contributed by atoms with van der Waals surface area (Å²) in [5, 5.41) is 6.22. The predicted molar refractivity (Wildman–Crippen MR) is 141 cm³/mol. The molecule has 0 radical (unpaired) electrons. The molecule has 1 fully saturated rings. The normalized spacial score (nSPS) is 14.2. The van der Waals surface area contributed by atoms with Crippen molar-refractivity contribution in [1.82, 2.24) is 24.4 Å². The van der Waals surface area contributed by atoms with Crippen molar-refractivity contribution in [3.63, 3.8) is 0 Å². The summed E-state index contributed by atoms with van der Waals surface area (Å²) in [4.78, 5) is 28.1. The van der Waals surface area contributed by atoms with Crippen molar-refractivity contribution in [3.8, 4) is 11.4 Å². The van der Waals surface area contributed by atoms with E-state index in [1.165, 1.54) is 6.07 Å². The highest BCUT2D eigenvalue weighted by molar-refractivity contribution is 7.17. The number of hydrogen-bond donors (Lipinski definition) is 1. The molecule has 2 aromatic carbocycles. The lowest BCUT2D eigenvalue weighted by Gasteiger charge is -2.16. The van der Waals surface area contributed by atoms with E-state index in [4.69, 9.17) is 9.97 Å². The molecule has 0 saturated carbocycles. The number of hydrogen-bond acceptors (Lipinski definition) is 6. The molecule has 7 nitrogen and oxygen atoms in total. The number of halogens is 3. The fourth-order valence-electron chi connectivity index (χ4n) is 4.71. The van der Waals surface area contributed by atoms with Crippen molar-refractivity contribution in [2.45, 2.75) is 32.1 Å². The van der Waals surface area contributed by atoms with E-state index >= 15 is 0 Å². The Kier molecular flexibility index (Phi) is 6.22. The van der Waals surface area contributed by atoms with Gasteiger partial charge in [0.1, 0.15) is 5.52 Å². The largest absolute Gasteiger partial charge is 0.416 e. The average molecular weight is 537 g/mol. The molecule has 0 aliphatic carbocycles. The van der Waals surface area contributed by atoms with Crippen LogP contribution in [0.3, 0.4) is 0 Å². The Morgan fingerprint density at radius 1 is 1.05 bits per heavy atom. The second kappa shape index (κ2) is 9.71. The van der Waals surface area contributed by atoms with Crippen LogP contribution >= 0.6 is 11.3 Å². The zero-order valence-electron chi connectivity index (χ0n) is 20.2. The Labute approximate surface area is 220 Å². The van der Waals surface area contributed by atoms with Crippen molar-refractivity contribution in [3.05, 3.63) is 71.4 Å². The third-order valence-corrected chi connectivity index (χ3v) is 7.65. The van der Waals surface area contributed by atoms with Crippen LogP contribution in [0.15, 0.2) is 60.2 Å². The lowest BCUT2D eigenvalue weighted by molar-refractivity contribution is -0.137. The minimum absolute atomic E-state index is 0.134. The summed E-state index contributed by atoms with van der Waals surface area (Å²) in [6, 6.07) is 13.2. The Morgan fingerprint density at radius 2 is 1.92 bits per heavy atom. The van der Waals surface area contributed by atoms with E-state index in [2.05, 4.69) is 10.3 Å². The Balaban J connectivity index is 1.37. The number of amides is 1. The number of aromatic nitrogens is 4. The maximum atomic E-state index is 13.2. The van der Waals surface area contributed by atoms with E-state index in [1.54, 1.807) is 23.7 Å². The molecule has 0 atom stereocenters. The van der Waals surface area contributed by atoms with Crippen LogP contribution in [-0.4, -0.2) is 43.4 Å². The lowest BCUT2D eigenvalue weighted by Crippen LogP contribution is -2.28. The van der Waals surface area contributed by atoms with Gasteiger partial charge in [-0.05, 0) is 30.2 Å². The molecule has 1 aliphatic rings. The van der Waals surface area contributed by atoms with E-state index < -0.39 is 11.7 Å². The average Bonchev–Trinajstić information content (AvgIpc) is 3.64. The van der Waals surface area contributed by atoms with Crippen molar-refractivity contribution in [1.29, 1.82) is 0 Å². The summed E-state index contributed by atoms with van der Waals surface area (Å²) in [6.45, 7) is 1.96. The van der Waals surface area contributed by atoms with Crippen LogP contribution in [0.2, 0.25) is 0 Å². The first-order valence-corrected chi connectivity index (χ1v) is 13.1. The molecule has 5 aromatic rings. The number of rotatable bonds is 7. The first kappa shape index (κ1) is 24.4. The fraction of sp³-hybridized carbons (Fsp3) is 0.259. The molecular weight excluding hydrogens is 513 g/mol. The number of nitrogens with one attached hydrogen (secondary N) is 1. The van der Waals surface area contributed by atoms with Gasteiger partial charge in [0.05, 0.1) is 11.9 Å². The molecule has 11 heteroatoms. The van der Waals surface area contributed by atoms with E-state index in [-0.39, 0.29) is 12.5 Å². The van der Waals surface area contributed by atoms with E-state index in [9.17, 15) is 18.0 Å². The summed E-state index contributed by atoms with van der Waals surface area (Å²) in [6.07, 6.45) is -1.30. The van der Waals surface area contributed by atoms with Gasteiger partial charge in [-0.15, -0.1) is 11.3 Å². The zero-order valence-corrected chi connectivity index (χ0v) is 21.0. The Hall–Kier alpha value is -3.99. The van der Waals surface area contributed by atoms with Gasteiger partial charge in [-0.2, -0.15) is 13.2 Å². The van der Waals surface area contributed by atoms with E-state index in [1.807, 2.05) is 39.1 Å². The second-order valence-electron chi connectivity index (χ2n) is 9.19. The predicted octanol–water partition coefficient (Wildman–Crippen LogP) is 5.96. The maximum Gasteiger partial charge on any atom is 0.416 e. The minimum Gasteiger partial charge on any atom is -0.364 e. The number of imidazole rings is 1. The van der Waals surface area contributed by atoms with Crippen LogP contribution in [0.25, 0.3) is 32.6 Å². The van der Waals surface area contributed by atoms with Gasteiger partial charge in [-0.25, -0.2) is 15.0 Å². The number of benzene rings is 2. The summed E-state index contributed by atoms with van der Waals surface area (Å²) < 4.78 is 42.6. The molecule has 194 valence electrons.